The van der Waals surface area contributed by atoms with Crippen LogP contribution in [0, 0.1) is 0 Å². The quantitative estimate of drug-likeness (QED) is 0.726. The molecule has 1 aromatic heterocycles. The van der Waals surface area contributed by atoms with Gasteiger partial charge in [0, 0.05) is 11.8 Å². The topological polar surface area (TPSA) is 63.0 Å². The highest BCUT2D eigenvalue weighted by molar-refractivity contribution is 8.00. The summed E-state index contributed by atoms with van der Waals surface area (Å²) in [5.41, 5.74) is 0. The standard InChI is InChI=1S/C11H20N4OS/c1-2-5-12-8-10-14-15-11(16-10)13-7-9-4-3-6-17-9/h9,12H,2-8H2,1H3,(H,13,15). The maximum absolute atomic E-state index is 5.48. The summed E-state index contributed by atoms with van der Waals surface area (Å²) in [4.78, 5) is 0. The summed E-state index contributed by atoms with van der Waals surface area (Å²) >= 11 is 2.02. The molecule has 2 rings (SSSR count). The molecule has 0 amide bonds. The molecule has 1 atom stereocenters. The molecule has 2 heterocycles. The number of thioether (sulfide) groups is 1. The van der Waals surface area contributed by atoms with Crippen molar-refractivity contribution in [3.05, 3.63) is 5.89 Å². The van der Waals surface area contributed by atoms with Crippen molar-refractivity contribution in [3.63, 3.8) is 0 Å². The van der Waals surface area contributed by atoms with Crippen LogP contribution in [-0.2, 0) is 6.54 Å². The Balaban J connectivity index is 1.69. The molecule has 5 nitrogen and oxygen atoms in total. The van der Waals surface area contributed by atoms with E-state index in [4.69, 9.17) is 4.42 Å². The van der Waals surface area contributed by atoms with Gasteiger partial charge in [-0.1, -0.05) is 12.0 Å². The van der Waals surface area contributed by atoms with Gasteiger partial charge < -0.3 is 15.1 Å². The van der Waals surface area contributed by atoms with Crippen LogP contribution in [0.4, 0.5) is 6.01 Å². The Morgan fingerprint density at radius 3 is 3.18 bits per heavy atom. The van der Waals surface area contributed by atoms with Crippen molar-refractivity contribution in [1.29, 1.82) is 0 Å². The van der Waals surface area contributed by atoms with E-state index < -0.39 is 0 Å². The molecule has 0 radical (unpaired) electrons. The van der Waals surface area contributed by atoms with Crippen molar-refractivity contribution in [3.8, 4) is 0 Å². The van der Waals surface area contributed by atoms with Crippen molar-refractivity contribution < 1.29 is 4.42 Å². The average Bonchev–Trinajstić information content (AvgIpc) is 2.98. The number of hydrogen-bond acceptors (Lipinski definition) is 6. The number of hydrogen-bond donors (Lipinski definition) is 2. The Morgan fingerprint density at radius 1 is 1.47 bits per heavy atom. The highest BCUT2D eigenvalue weighted by Crippen LogP contribution is 2.26. The van der Waals surface area contributed by atoms with Crippen LogP contribution in [0.2, 0.25) is 0 Å². The maximum Gasteiger partial charge on any atom is 0.315 e. The van der Waals surface area contributed by atoms with Gasteiger partial charge in [-0.05, 0) is 31.6 Å². The summed E-state index contributed by atoms with van der Waals surface area (Å²) in [7, 11) is 0. The van der Waals surface area contributed by atoms with E-state index in [1.807, 2.05) is 11.8 Å². The fourth-order valence-electron chi connectivity index (χ4n) is 1.78. The van der Waals surface area contributed by atoms with Gasteiger partial charge in [0.15, 0.2) is 0 Å². The smallest absolute Gasteiger partial charge is 0.315 e. The first-order valence-electron chi connectivity index (χ1n) is 6.27. The minimum Gasteiger partial charge on any atom is -0.407 e. The normalized spacial score (nSPS) is 19.7. The molecule has 96 valence electrons. The van der Waals surface area contributed by atoms with E-state index in [9.17, 15) is 0 Å². The summed E-state index contributed by atoms with van der Waals surface area (Å²) in [6, 6.07) is 0.547. The van der Waals surface area contributed by atoms with E-state index in [2.05, 4.69) is 27.8 Å². The molecule has 1 unspecified atom stereocenters. The average molecular weight is 256 g/mol. The number of nitrogens with zero attached hydrogens (tertiary/aromatic N) is 2. The third kappa shape index (κ3) is 4.20. The van der Waals surface area contributed by atoms with E-state index in [1.54, 1.807) is 0 Å². The second kappa shape index (κ2) is 6.86. The number of anilines is 1. The molecule has 0 bridgehead atoms. The summed E-state index contributed by atoms with van der Waals surface area (Å²) in [6.07, 6.45) is 3.72. The van der Waals surface area contributed by atoms with Gasteiger partial charge in [0.05, 0.1) is 6.54 Å². The van der Waals surface area contributed by atoms with Gasteiger partial charge in [0.2, 0.25) is 5.89 Å². The number of aromatic nitrogens is 2. The van der Waals surface area contributed by atoms with Crippen molar-refractivity contribution in [2.24, 2.45) is 0 Å². The predicted molar refractivity (Wildman–Crippen MR) is 70.3 cm³/mol. The van der Waals surface area contributed by atoms with Crippen LogP contribution in [0.5, 0.6) is 0 Å². The Morgan fingerprint density at radius 2 is 2.41 bits per heavy atom. The molecular formula is C11H20N4OS. The van der Waals surface area contributed by atoms with Crippen molar-refractivity contribution in [2.45, 2.75) is 38.0 Å². The largest absolute Gasteiger partial charge is 0.407 e. The number of rotatable bonds is 7. The van der Waals surface area contributed by atoms with E-state index in [0.717, 1.165) is 19.5 Å². The molecule has 1 aliphatic heterocycles. The van der Waals surface area contributed by atoms with Crippen LogP contribution < -0.4 is 10.6 Å². The second-order valence-corrected chi connectivity index (χ2v) is 5.60. The molecule has 1 aliphatic rings. The lowest BCUT2D eigenvalue weighted by Gasteiger charge is -2.07. The van der Waals surface area contributed by atoms with Gasteiger partial charge in [-0.3, -0.25) is 0 Å². The minimum atomic E-state index is 0.547. The highest BCUT2D eigenvalue weighted by Gasteiger charge is 2.16. The summed E-state index contributed by atoms with van der Waals surface area (Å²) in [6.45, 7) is 4.69. The molecule has 17 heavy (non-hydrogen) atoms. The van der Waals surface area contributed by atoms with Crippen LogP contribution in [-0.4, -0.2) is 34.3 Å². The van der Waals surface area contributed by atoms with Crippen molar-refractivity contribution >= 4 is 17.8 Å². The molecule has 0 aromatic carbocycles. The molecule has 0 aliphatic carbocycles. The van der Waals surface area contributed by atoms with Gasteiger partial charge in [-0.2, -0.15) is 11.8 Å². The van der Waals surface area contributed by atoms with Crippen LogP contribution in [0.15, 0.2) is 4.42 Å². The first-order valence-corrected chi connectivity index (χ1v) is 7.32. The third-order valence-corrected chi connectivity index (χ3v) is 4.07. The fourth-order valence-corrected chi connectivity index (χ4v) is 2.98. The number of nitrogens with one attached hydrogen (secondary N) is 2. The second-order valence-electron chi connectivity index (χ2n) is 4.19. The Labute approximate surface area is 106 Å². The molecule has 6 heteroatoms. The minimum absolute atomic E-state index is 0.547. The van der Waals surface area contributed by atoms with Gasteiger partial charge >= 0.3 is 6.01 Å². The van der Waals surface area contributed by atoms with Crippen LogP contribution in [0.25, 0.3) is 0 Å². The van der Waals surface area contributed by atoms with Crippen LogP contribution in [0.3, 0.4) is 0 Å². The van der Waals surface area contributed by atoms with Crippen LogP contribution in [0.1, 0.15) is 32.1 Å². The predicted octanol–water partition coefficient (Wildman–Crippen LogP) is 1.88. The zero-order valence-electron chi connectivity index (χ0n) is 10.2. The van der Waals surface area contributed by atoms with Crippen molar-refractivity contribution in [1.82, 2.24) is 15.5 Å². The zero-order chi connectivity index (χ0) is 11.9. The fraction of sp³-hybridized carbons (Fsp3) is 0.818. The van der Waals surface area contributed by atoms with E-state index in [-0.39, 0.29) is 0 Å². The van der Waals surface area contributed by atoms with E-state index in [1.165, 1.54) is 18.6 Å². The first kappa shape index (κ1) is 12.7. The Bertz CT molecular complexity index is 325. The zero-order valence-corrected chi connectivity index (χ0v) is 11.1. The van der Waals surface area contributed by atoms with Gasteiger partial charge in [0.25, 0.3) is 0 Å². The highest BCUT2D eigenvalue weighted by atomic mass is 32.2. The van der Waals surface area contributed by atoms with Gasteiger partial charge in [-0.15, -0.1) is 5.10 Å². The molecule has 2 N–H and O–H groups in total. The third-order valence-electron chi connectivity index (χ3n) is 2.67. The lowest BCUT2D eigenvalue weighted by Crippen LogP contribution is -2.14. The molecular weight excluding hydrogens is 236 g/mol. The Kier molecular flexibility index (Phi) is 5.12. The Hall–Kier alpha value is -0.750. The van der Waals surface area contributed by atoms with E-state index in [0.29, 0.717) is 23.7 Å². The summed E-state index contributed by atoms with van der Waals surface area (Å²) in [5, 5.41) is 15.1. The first-order chi connectivity index (χ1) is 8.38. The van der Waals surface area contributed by atoms with Gasteiger partial charge in [0.1, 0.15) is 0 Å². The molecule has 1 aromatic rings. The summed E-state index contributed by atoms with van der Waals surface area (Å²) < 4.78 is 5.48. The molecule has 0 spiro atoms. The molecule has 0 saturated carbocycles. The summed E-state index contributed by atoms with van der Waals surface area (Å²) in [5.74, 6) is 1.93. The lowest BCUT2D eigenvalue weighted by molar-refractivity contribution is 0.476. The van der Waals surface area contributed by atoms with Crippen LogP contribution >= 0.6 is 11.8 Å². The van der Waals surface area contributed by atoms with Gasteiger partial charge in [-0.25, -0.2) is 0 Å². The SMILES string of the molecule is CCCNCc1nnc(NCC2CCCS2)o1. The van der Waals surface area contributed by atoms with Crippen molar-refractivity contribution in [2.75, 3.05) is 24.2 Å². The maximum atomic E-state index is 5.48. The van der Waals surface area contributed by atoms with E-state index >= 15 is 0 Å². The lowest BCUT2D eigenvalue weighted by atomic mass is 10.2. The molecule has 1 saturated heterocycles. The monoisotopic (exact) mass is 256 g/mol. The molecule has 1 fully saturated rings.